The van der Waals surface area contributed by atoms with E-state index in [-0.39, 0.29) is 10.8 Å². The molecule has 0 aliphatic heterocycles. The van der Waals surface area contributed by atoms with Crippen LogP contribution < -0.4 is 0 Å². The van der Waals surface area contributed by atoms with E-state index in [1.165, 1.54) is 187 Å². The van der Waals surface area contributed by atoms with E-state index < -0.39 is 0 Å². The van der Waals surface area contributed by atoms with Crippen molar-refractivity contribution in [3.8, 4) is 89.0 Å². The average Bonchev–Trinajstić information content (AvgIpc) is 3.57. The van der Waals surface area contributed by atoms with Crippen LogP contribution >= 0.6 is 0 Å². The Labute approximate surface area is 513 Å². The Morgan fingerprint density at radius 1 is 0.182 bits per heavy atom. The molecular weight excluding hydrogens is 1060 g/mol. The molecule has 2 aliphatic carbocycles. The molecule has 0 aromatic heterocycles. The van der Waals surface area contributed by atoms with E-state index >= 15 is 0 Å². The van der Waals surface area contributed by atoms with Crippen LogP contribution in [0.15, 0.2) is 291 Å². The molecule has 0 N–H and O–H groups in total. The molecule has 88 heavy (non-hydrogen) atoms. The normalized spacial score (nSPS) is 13.6. The van der Waals surface area contributed by atoms with Crippen molar-refractivity contribution in [2.75, 3.05) is 0 Å². The minimum absolute atomic E-state index is 0.108. The Bertz CT molecular complexity index is 5230. The molecule has 0 bridgehead atoms. The van der Waals surface area contributed by atoms with E-state index in [9.17, 15) is 0 Å². The average molecular weight is 1120 g/mol. The molecule has 0 spiro atoms. The van der Waals surface area contributed by atoms with Crippen LogP contribution in [0.1, 0.15) is 49.9 Å². The van der Waals surface area contributed by atoms with Gasteiger partial charge in [0.1, 0.15) is 0 Å². The van der Waals surface area contributed by atoms with Gasteiger partial charge in [-0.2, -0.15) is 0 Å². The summed E-state index contributed by atoms with van der Waals surface area (Å²) in [6, 6.07) is 111. The molecule has 0 nitrogen and oxygen atoms in total. The summed E-state index contributed by atoms with van der Waals surface area (Å²) in [4.78, 5) is 0. The van der Waals surface area contributed by atoms with Crippen LogP contribution in [0.2, 0.25) is 0 Å². The Hall–Kier alpha value is -10.7. The van der Waals surface area contributed by atoms with Crippen molar-refractivity contribution in [1.82, 2.24) is 0 Å². The molecule has 0 fully saturated rings. The van der Waals surface area contributed by atoms with Crippen molar-refractivity contribution in [2.45, 2.75) is 38.5 Å². The maximum Gasteiger partial charge on any atom is 0.0159 e. The number of fused-ring (bicyclic) bond motifs is 15. The predicted molar refractivity (Wildman–Crippen MR) is 377 cm³/mol. The van der Waals surface area contributed by atoms with Gasteiger partial charge in [0, 0.05) is 10.8 Å². The smallest absolute Gasteiger partial charge is 0.0159 e. The van der Waals surface area contributed by atoms with Crippen LogP contribution in [0.25, 0.3) is 164 Å². The second-order valence-electron chi connectivity index (χ2n) is 25.7. The fourth-order valence-electron chi connectivity index (χ4n) is 16.5. The van der Waals surface area contributed by atoms with Crippen molar-refractivity contribution in [3.05, 3.63) is 313 Å². The summed E-state index contributed by atoms with van der Waals surface area (Å²) in [6.07, 6.45) is 0. The van der Waals surface area contributed by atoms with Crippen molar-refractivity contribution in [2.24, 2.45) is 0 Å². The van der Waals surface area contributed by atoms with Crippen molar-refractivity contribution < 1.29 is 0 Å². The molecule has 0 heteroatoms. The fourth-order valence-corrected chi connectivity index (χ4v) is 16.5. The lowest BCUT2D eigenvalue weighted by Crippen LogP contribution is -2.14. The predicted octanol–water partition coefficient (Wildman–Crippen LogP) is 24.4. The van der Waals surface area contributed by atoms with Crippen LogP contribution in [0.4, 0.5) is 0 Å². The van der Waals surface area contributed by atoms with E-state index in [0.29, 0.717) is 0 Å². The summed E-state index contributed by atoms with van der Waals surface area (Å²) in [6.45, 7) is 9.52. The SMILES string of the molecule is CC1(C)c2ccccc2-c2ccc(-c3ccccc3-c3c4ccccc4c(-c4cc5cc(-c6c7ccccc7c(-c7ccccc7-c7ccc8c(c7)C(C)(C)c7ccccc7-8)c7ccccc67)c6ccccc6c5c5ccccc45)c4ccccc34)cc21. The van der Waals surface area contributed by atoms with Crippen LogP contribution in [-0.2, 0) is 10.8 Å². The number of hydrogen-bond donors (Lipinski definition) is 0. The fraction of sp³-hybridized carbons (Fsp3) is 0.0682. The standard InChI is InChI=1S/C88H60/c1-87(2)78-43-23-21-29-60(78)62-47-45-53(51-80(62)87)56-25-5-9-31-64(56)83-68-35-13-17-39-72(68)85(73-40-18-14-36-69(73)83)76-49-55-50-77(59-28-8-12-34-67(59)82(55)66-33-11-7-27-58(66)76)86-74-41-19-15-37-70(74)84(71-38-16-20-42-75(71)86)65-32-10-6-26-57(65)54-46-48-63-61-30-22-24-44-79(61)88(3,4)81(63)52-54/h5-52H,1-4H3. The molecular formula is C88H60. The molecule has 2 aliphatic rings. The lowest BCUT2D eigenvalue weighted by atomic mass is 9.79. The third-order valence-electron chi connectivity index (χ3n) is 20.4. The van der Waals surface area contributed by atoms with Gasteiger partial charge in [0.2, 0.25) is 0 Å². The van der Waals surface area contributed by atoms with Crippen molar-refractivity contribution in [3.63, 3.8) is 0 Å². The Balaban J connectivity index is 0.858. The maximum atomic E-state index is 2.53. The highest BCUT2D eigenvalue weighted by Crippen LogP contribution is 2.55. The summed E-state index contributed by atoms with van der Waals surface area (Å²) in [5.74, 6) is 0. The van der Waals surface area contributed by atoms with Crippen LogP contribution in [0, 0.1) is 0 Å². The summed E-state index contributed by atoms with van der Waals surface area (Å²) in [5, 5.41) is 17.4. The number of hydrogen-bond acceptors (Lipinski definition) is 0. The van der Waals surface area contributed by atoms with Gasteiger partial charge < -0.3 is 0 Å². The third-order valence-corrected chi connectivity index (χ3v) is 20.4. The Kier molecular flexibility index (Phi) is 10.9. The van der Waals surface area contributed by atoms with Crippen LogP contribution in [0.3, 0.4) is 0 Å². The molecule has 0 amide bonds. The Morgan fingerprint density at radius 2 is 0.432 bits per heavy atom. The molecule has 16 aromatic carbocycles. The van der Waals surface area contributed by atoms with Crippen LogP contribution in [-0.4, -0.2) is 0 Å². The lowest BCUT2D eigenvalue weighted by Gasteiger charge is -2.23. The second kappa shape index (κ2) is 18.9. The van der Waals surface area contributed by atoms with Gasteiger partial charge in [-0.25, -0.2) is 0 Å². The van der Waals surface area contributed by atoms with E-state index in [0.717, 1.165) is 0 Å². The summed E-state index contributed by atoms with van der Waals surface area (Å²) in [5.41, 5.74) is 25.6. The van der Waals surface area contributed by atoms with E-state index in [2.05, 4.69) is 319 Å². The van der Waals surface area contributed by atoms with E-state index in [1.807, 2.05) is 0 Å². The minimum Gasteiger partial charge on any atom is -0.0619 e. The summed E-state index contributed by atoms with van der Waals surface area (Å²) < 4.78 is 0. The zero-order chi connectivity index (χ0) is 58.6. The quantitative estimate of drug-likeness (QED) is 0.115. The molecule has 18 rings (SSSR count). The van der Waals surface area contributed by atoms with Gasteiger partial charge in [0.15, 0.2) is 0 Å². The third kappa shape index (κ3) is 7.15. The first-order valence-corrected chi connectivity index (χ1v) is 31.2. The molecule has 0 saturated heterocycles. The second-order valence-corrected chi connectivity index (χ2v) is 25.7. The highest BCUT2D eigenvalue weighted by Gasteiger charge is 2.37. The first-order valence-electron chi connectivity index (χ1n) is 31.2. The summed E-state index contributed by atoms with van der Waals surface area (Å²) in [7, 11) is 0. The molecule has 0 atom stereocenters. The van der Waals surface area contributed by atoms with E-state index in [4.69, 9.17) is 0 Å². The first-order chi connectivity index (χ1) is 43.2. The molecule has 0 radical (unpaired) electrons. The zero-order valence-electron chi connectivity index (χ0n) is 49.7. The molecule has 0 saturated carbocycles. The molecule has 0 unspecified atom stereocenters. The van der Waals surface area contributed by atoms with Gasteiger partial charge >= 0.3 is 0 Å². The highest BCUT2D eigenvalue weighted by atomic mass is 14.4. The number of benzene rings is 16. The maximum absolute atomic E-state index is 2.53. The molecule has 412 valence electrons. The molecule has 0 heterocycles. The largest absolute Gasteiger partial charge is 0.0619 e. The van der Waals surface area contributed by atoms with Gasteiger partial charge in [-0.1, -0.05) is 295 Å². The lowest BCUT2D eigenvalue weighted by molar-refractivity contribution is 0.660. The van der Waals surface area contributed by atoms with Crippen LogP contribution in [0.5, 0.6) is 0 Å². The van der Waals surface area contributed by atoms with Gasteiger partial charge in [-0.15, -0.1) is 0 Å². The van der Waals surface area contributed by atoms with Crippen molar-refractivity contribution in [1.29, 1.82) is 0 Å². The van der Waals surface area contributed by atoms with E-state index in [1.54, 1.807) is 0 Å². The summed E-state index contributed by atoms with van der Waals surface area (Å²) >= 11 is 0. The topological polar surface area (TPSA) is 0 Å². The minimum atomic E-state index is -0.108. The van der Waals surface area contributed by atoms with Crippen molar-refractivity contribution >= 4 is 75.4 Å². The first kappa shape index (κ1) is 50.6. The Morgan fingerprint density at radius 3 is 0.773 bits per heavy atom. The van der Waals surface area contributed by atoms with Gasteiger partial charge in [0.25, 0.3) is 0 Å². The monoisotopic (exact) mass is 1120 g/mol. The molecule has 16 aromatic rings. The van der Waals surface area contributed by atoms with Gasteiger partial charge in [-0.3, -0.25) is 0 Å². The van der Waals surface area contributed by atoms with Gasteiger partial charge in [-0.05, 0) is 211 Å². The van der Waals surface area contributed by atoms with Gasteiger partial charge in [0.05, 0.1) is 0 Å². The zero-order valence-corrected chi connectivity index (χ0v) is 49.7. The number of rotatable bonds is 6. The highest BCUT2D eigenvalue weighted by molar-refractivity contribution is 6.32.